The Bertz CT molecular complexity index is 2610. The van der Waals surface area contributed by atoms with Crippen LogP contribution in [0.3, 0.4) is 0 Å². The first-order valence-electron chi connectivity index (χ1n) is 16.3. The fraction of sp³-hybridized carbons (Fsp3) is 0.0222. The lowest BCUT2D eigenvalue weighted by molar-refractivity contribution is 1.19. The second-order valence-corrected chi connectivity index (χ2v) is 12.3. The van der Waals surface area contributed by atoms with Gasteiger partial charge in [0.15, 0.2) is 0 Å². The number of imidazole rings is 1. The van der Waals surface area contributed by atoms with Crippen molar-refractivity contribution in [3.05, 3.63) is 176 Å². The van der Waals surface area contributed by atoms with E-state index in [2.05, 4.69) is 156 Å². The number of hydrogen-bond donors (Lipinski definition) is 0. The van der Waals surface area contributed by atoms with Crippen molar-refractivity contribution in [3.8, 4) is 56.0 Å². The molecule has 3 aromatic heterocycles. The second-order valence-electron chi connectivity index (χ2n) is 12.3. The van der Waals surface area contributed by atoms with Crippen LogP contribution in [0.5, 0.6) is 0 Å². The van der Waals surface area contributed by atoms with Crippen LogP contribution < -0.4 is 0 Å². The lowest BCUT2D eigenvalue weighted by atomic mass is 9.90. The number of nitrogens with zero attached hydrogens (tertiary/aromatic N) is 3. The van der Waals surface area contributed by atoms with E-state index in [4.69, 9.17) is 9.97 Å². The molecule has 9 rings (SSSR count). The van der Waals surface area contributed by atoms with E-state index in [0.29, 0.717) is 0 Å². The van der Waals surface area contributed by atoms with E-state index in [0.717, 1.165) is 56.2 Å². The van der Waals surface area contributed by atoms with Gasteiger partial charge in [0.05, 0.1) is 17.1 Å². The molecule has 0 aliphatic rings. The Morgan fingerprint density at radius 1 is 0.438 bits per heavy atom. The molecule has 0 saturated heterocycles. The Morgan fingerprint density at radius 3 is 1.96 bits per heavy atom. The van der Waals surface area contributed by atoms with Crippen molar-refractivity contribution in [1.82, 2.24) is 14.4 Å². The maximum Gasteiger partial charge on any atom is 0.137 e. The lowest BCUT2D eigenvalue weighted by Gasteiger charge is -2.15. The van der Waals surface area contributed by atoms with Gasteiger partial charge in [0.2, 0.25) is 0 Å². The summed E-state index contributed by atoms with van der Waals surface area (Å²) in [6, 6.07) is 58.4. The van der Waals surface area contributed by atoms with E-state index in [9.17, 15) is 0 Å². The van der Waals surface area contributed by atoms with Gasteiger partial charge < -0.3 is 0 Å². The van der Waals surface area contributed by atoms with Gasteiger partial charge in [-0.25, -0.2) is 4.98 Å². The van der Waals surface area contributed by atoms with Crippen LogP contribution >= 0.6 is 0 Å². The number of pyridine rings is 2. The monoisotopic (exact) mass is 613 g/mol. The molecule has 0 radical (unpaired) electrons. The minimum atomic E-state index is 0.932. The van der Waals surface area contributed by atoms with Crippen LogP contribution in [0.2, 0.25) is 0 Å². The van der Waals surface area contributed by atoms with Crippen LogP contribution in [0.15, 0.2) is 170 Å². The highest BCUT2D eigenvalue weighted by Crippen LogP contribution is 2.40. The molecule has 0 aliphatic carbocycles. The first kappa shape index (κ1) is 27.9. The third kappa shape index (κ3) is 4.85. The fourth-order valence-electron chi connectivity index (χ4n) is 6.98. The van der Waals surface area contributed by atoms with Gasteiger partial charge in [0, 0.05) is 28.6 Å². The molecule has 0 aliphatic heterocycles. The van der Waals surface area contributed by atoms with Crippen LogP contribution in [0, 0.1) is 6.92 Å². The van der Waals surface area contributed by atoms with E-state index < -0.39 is 0 Å². The zero-order valence-electron chi connectivity index (χ0n) is 26.5. The largest absolute Gasteiger partial charge is 0.299 e. The van der Waals surface area contributed by atoms with E-state index in [1.54, 1.807) is 0 Å². The van der Waals surface area contributed by atoms with Gasteiger partial charge in [0.1, 0.15) is 5.65 Å². The topological polar surface area (TPSA) is 30.2 Å². The van der Waals surface area contributed by atoms with Crippen LogP contribution in [0.4, 0.5) is 0 Å². The highest BCUT2D eigenvalue weighted by molar-refractivity contribution is 6.14. The molecule has 9 aromatic rings. The smallest absolute Gasteiger partial charge is 0.137 e. The molecule has 3 heteroatoms. The SMILES string of the molecule is Cc1cccc(-c2cc(-c3ccc(-c4c(-c5ccccc5)nc5ccccn45)cc3)cc(-c3cc4ccccc4c4ccccc34)c2)n1. The Hall–Kier alpha value is -6.32. The molecular weight excluding hydrogens is 583 g/mol. The Morgan fingerprint density at radius 2 is 1.12 bits per heavy atom. The van der Waals surface area contributed by atoms with Crippen molar-refractivity contribution in [2.45, 2.75) is 6.92 Å². The van der Waals surface area contributed by atoms with Crippen molar-refractivity contribution >= 4 is 27.2 Å². The molecule has 0 bridgehead atoms. The lowest BCUT2D eigenvalue weighted by Crippen LogP contribution is -1.92. The number of aromatic nitrogens is 3. The summed E-state index contributed by atoms with van der Waals surface area (Å²) in [7, 11) is 0. The van der Waals surface area contributed by atoms with Crippen LogP contribution in [-0.2, 0) is 0 Å². The molecule has 0 unspecified atom stereocenters. The van der Waals surface area contributed by atoms with Crippen molar-refractivity contribution in [2.75, 3.05) is 0 Å². The number of hydrogen-bond acceptors (Lipinski definition) is 2. The van der Waals surface area contributed by atoms with Gasteiger partial charge in [-0.1, -0.05) is 115 Å². The molecular formula is C45H31N3. The molecule has 226 valence electrons. The van der Waals surface area contributed by atoms with Crippen LogP contribution in [0.25, 0.3) is 83.2 Å². The quantitative estimate of drug-likeness (QED) is 0.181. The minimum absolute atomic E-state index is 0.932. The highest BCUT2D eigenvalue weighted by Gasteiger charge is 2.17. The number of aryl methyl sites for hydroxylation is 1. The summed E-state index contributed by atoms with van der Waals surface area (Å²) in [6.45, 7) is 2.05. The predicted molar refractivity (Wildman–Crippen MR) is 200 cm³/mol. The van der Waals surface area contributed by atoms with Gasteiger partial charge in [-0.05, 0) is 99.3 Å². The van der Waals surface area contributed by atoms with Gasteiger partial charge in [-0.3, -0.25) is 9.38 Å². The Kier molecular flexibility index (Phi) is 6.69. The van der Waals surface area contributed by atoms with Crippen LogP contribution in [0.1, 0.15) is 5.69 Å². The highest BCUT2D eigenvalue weighted by atomic mass is 15.0. The second kappa shape index (κ2) is 11.5. The maximum atomic E-state index is 5.04. The third-order valence-electron chi connectivity index (χ3n) is 9.26. The van der Waals surface area contributed by atoms with E-state index in [1.165, 1.54) is 32.7 Å². The van der Waals surface area contributed by atoms with Crippen molar-refractivity contribution in [1.29, 1.82) is 0 Å². The average Bonchev–Trinajstić information content (AvgIpc) is 3.54. The average molecular weight is 614 g/mol. The summed E-state index contributed by atoms with van der Waals surface area (Å²) >= 11 is 0. The van der Waals surface area contributed by atoms with Gasteiger partial charge in [-0.2, -0.15) is 0 Å². The predicted octanol–water partition coefficient (Wildman–Crippen LogP) is 11.7. The summed E-state index contributed by atoms with van der Waals surface area (Å²) < 4.78 is 2.18. The first-order chi connectivity index (χ1) is 23.7. The summed E-state index contributed by atoms with van der Waals surface area (Å²) in [5, 5.41) is 5.01. The summed E-state index contributed by atoms with van der Waals surface area (Å²) in [6.07, 6.45) is 2.09. The van der Waals surface area contributed by atoms with E-state index in [-0.39, 0.29) is 0 Å². The number of rotatable bonds is 5. The standard InChI is InChI=1S/C45H31N3/c1-30-12-11-19-42(46-30)37-27-35(26-36(28-37)41-29-34-15-5-6-16-38(34)39-17-7-8-18-40(39)41)31-21-23-33(24-22-31)45-44(32-13-3-2-4-14-32)47-43-20-9-10-25-48(43)45/h2-29H,1H3. The van der Waals surface area contributed by atoms with Gasteiger partial charge in [0.25, 0.3) is 0 Å². The zero-order chi connectivity index (χ0) is 32.0. The summed E-state index contributed by atoms with van der Waals surface area (Å²) in [4.78, 5) is 9.97. The fourth-order valence-corrected chi connectivity index (χ4v) is 6.98. The van der Waals surface area contributed by atoms with Crippen LogP contribution in [-0.4, -0.2) is 14.4 Å². The molecule has 0 saturated carbocycles. The normalized spacial score (nSPS) is 11.4. The third-order valence-corrected chi connectivity index (χ3v) is 9.26. The maximum absolute atomic E-state index is 5.04. The molecule has 0 atom stereocenters. The summed E-state index contributed by atoms with van der Waals surface area (Å²) in [5.74, 6) is 0. The van der Waals surface area contributed by atoms with E-state index in [1.807, 2.05) is 25.1 Å². The molecule has 6 aromatic carbocycles. The Balaban J connectivity index is 1.22. The Labute approximate surface area is 279 Å². The number of benzene rings is 6. The minimum Gasteiger partial charge on any atom is -0.299 e. The molecule has 3 heterocycles. The first-order valence-corrected chi connectivity index (χ1v) is 16.3. The molecule has 0 fully saturated rings. The van der Waals surface area contributed by atoms with Crippen molar-refractivity contribution in [3.63, 3.8) is 0 Å². The molecule has 0 N–H and O–H groups in total. The zero-order valence-corrected chi connectivity index (χ0v) is 26.5. The molecule has 3 nitrogen and oxygen atoms in total. The molecule has 0 amide bonds. The van der Waals surface area contributed by atoms with Gasteiger partial charge in [-0.15, -0.1) is 0 Å². The number of fused-ring (bicyclic) bond motifs is 4. The molecule has 48 heavy (non-hydrogen) atoms. The molecule has 0 spiro atoms. The van der Waals surface area contributed by atoms with Crippen molar-refractivity contribution in [2.24, 2.45) is 0 Å². The summed E-state index contributed by atoms with van der Waals surface area (Å²) in [5.41, 5.74) is 13.0. The van der Waals surface area contributed by atoms with Gasteiger partial charge >= 0.3 is 0 Å². The van der Waals surface area contributed by atoms with Crippen molar-refractivity contribution < 1.29 is 0 Å². The van der Waals surface area contributed by atoms with E-state index >= 15 is 0 Å².